The molecular formula is C5H8OSi. The van der Waals surface area contributed by atoms with Gasteiger partial charge >= 0.3 is 9.76 Å². The van der Waals surface area contributed by atoms with E-state index in [2.05, 4.69) is 13.2 Å². The molecule has 0 aliphatic rings. The molecule has 2 radical (unpaired) electrons. The van der Waals surface area contributed by atoms with Gasteiger partial charge in [-0.05, 0) is 6.92 Å². The molecule has 0 aliphatic heterocycles. The van der Waals surface area contributed by atoms with Crippen molar-refractivity contribution in [2.24, 2.45) is 0 Å². The fraction of sp³-hybridized carbons (Fsp3) is 0.200. The Bertz CT molecular complexity index is 78.1. The molecule has 0 spiro atoms. The van der Waals surface area contributed by atoms with Crippen LogP contribution in [-0.2, 0) is 4.43 Å². The molecule has 38 valence electrons. The molecule has 0 amide bonds. The Hall–Kier alpha value is -0.503. The second-order valence-corrected chi connectivity index (χ2v) is 1.97. The largest absolute Gasteiger partial charge is 0.540 e. The lowest BCUT2D eigenvalue weighted by atomic mass is 10.7. The lowest BCUT2D eigenvalue weighted by Crippen LogP contribution is -1.89. The highest BCUT2D eigenvalue weighted by Crippen LogP contribution is 1.85. The van der Waals surface area contributed by atoms with Crippen LogP contribution in [0.4, 0.5) is 0 Å². The van der Waals surface area contributed by atoms with Crippen LogP contribution in [0, 0.1) is 0 Å². The number of hydrogen-bond acceptors (Lipinski definition) is 1. The monoisotopic (exact) mass is 112 g/mol. The van der Waals surface area contributed by atoms with Crippen molar-refractivity contribution in [3.63, 3.8) is 0 Å². The van der Waals surface area contributed by atoms with Gasteiger partial charge < -0.3 is 4.43 Å². The summed E-state index contributed by atoms with van der Waals surface area (Å²) in [5, 5.41) is 0. The van der Waals surface area contributed by atoms with Gasteiger partial charge in [-0.1, -0.05) is 12.3 Å². The number of allylic oxidation sites excluding steroid dienone is 1. The van der Waals surface area contributed by atoms with Crippen LogP contribution in [-0.4, -0.2) is 9.76 Å². The van der Waals surface area contributed by atoms with Gasteiger partial charge in [0.1, 0.15) is 0 Å². The molecule has 0 saturated carbocycles. The minimum atomic E-state index is 0.360. The van der Waals surface area contributed by atoms with Gasteiger partial charge in [0.25, 0.3) is 0 Å². The third-order valence-corrected chi connectivity index (χ3v) is 0.949. The van der Waals surface area contributed by atoms with Crippen LogP contribution in [0.5, 0.6) is 0 Å². The van der Waals surface area contributed by atoms with Gasteiger partial charge in [0.2, 0.25) is 0 Å². The number of hydrogen-bond donors (Lipinski definition) is 0. The van der Waals surface area contributed by atoms with Crippen molar-refractivity contribution < 1.29 is 4.43 Å². The van der Waals surface area contributed by atoms with Crippen LogP contribution in [0.1, 0.15) is 6.92 Å². The molecule has 0 N–H and O–H groups in total. The molecule has 0 aromatic rings. The summed E-state index contributed by atoms with van der Waals surface area (Å²) in [6, 6.07) is 0. The van der Waals surface area contributed by atoms with E-state index in [0.29, 0.717) is 9.76 Å². The Morgan fingerprint density at radius 1 is 1.86 bits per heavy atom. The van der Waals surface area contributed by atoms with Gasteiger partial charge in [0.05, 0.1) is 5.76 Å². The minimum absolute atomic E-state index is 0.360. The average Bonchev–Trinajstić information content (AvgIpc) is 1.61. The lowest BCUT2D eigenvalue weighted by molar-refractivity contribution is 0.465. The average molecular weight is 112 g/mol. The first kappa shape index (κ1) is 6.50. The summed E-state index contributed by atoms with van der Waals surface area (Å²) in [5.41, 5.74) is 1.72. The van der Waals surface area contributed by atoms with E-state index in [9.17, 15) is 0 Å². The van der Waals surface area contributed by atoms with Crippen LogP contribution < -0.4 is 0 Å². The highest BCUT2D eigenvalue weighted by atomic mass is 28.2. The zero-order valence-corrected chi connectivity index (χ0v) is 5.40. The van der Waals surface area contributed by atoms with Gasteiger partial charge in [-0.2, -0.15) is 0 Å². The second kappa shape index (κ2) is 3.68. The Kier molecular flexibility index (Phi) is 3.41. The smallest absolute Gasteiger partial charge is 0.342 e. The van der Waals surface area contributed by atoms with Crippen LogP contribution in [0.25, 0.3) is 0 Å². The van der Waals surface area contributed by atoms with Crippen molar-refractivity contribution in [1.82, 2.24) is 0 Å². The summed E-state index contributed by atoms with van der Waals surface area (Å²) in [7, 11) is 0.360. The van der Waals surface area contributed by atoms with E-state index < -0.39 is 0 Å². The maximum Gasteiger partial charge on any atom is 0.342 e. The van der Waals surface area contributed by atoms with Crippen molar-refractivity contribution in [1.29, 1.82) is 0 Å². The first-order valence-electron chi connectivity index (χ1n) is 1.96. The lowest BCUT2D eigenvalue weighted by Gasteiger charge is -1.95. The highest BCUT2D eigenvalue weighted by molar-refractivity contribution is 6.34. The third-order valence-electron chi connectivity index (χ3n) is 0.316. The Balaban J connectivity index is 2.97. The van der Waals surface area contributed by atoms with Crippen molar-refractivity contribution >= 4 is 9.76 Å². The topological polar surface area (TPSA) is 9.23 Å². The molecule has 0 aliphatic carbocycles. The first-order valence-corrected chi connectivity index (χ1v) is 2.94. The van der Waals surface area contributed by atoms with Gasteiger partial charge in [0.15, 0.2) is 0 Å². The fourth-order valence-corrected chi connectivity index (χ4v) is 0.427. The zero-order valence-electron chi connectivity index (χ0n) is 4.40. The molecule has 0 heterocycles. The molecule has 0 unspecified atom stereocenters. The van der Waals surface area contributed by atoms with E-state index >= 15 is 0 Å². The Morgan fingerprint density at radius 3 is 2.57 bits per heavy atom. The van der Waals surface area contributed by atoms with Gasteiger partial charge in [-0.15, -0.1) is 6.58 Å². The molecule has 0 bridgehead atoms. The van der Waals surface area contributed by atoms with Crippen LogP contribution in [0.3, 0.4) is 0 Å². The predicted molar refractivity (Wildman–Crippen MR) is 31.8 cm³/mol. The molecule has 0 rings (SSSR count). The van der Waals surface area contributed by atoms with Crippen molar-refractivity contribution in [3.05, 3.63) is 24.6 Å². The van der Waals surface area contributed by atoms with Crippen molar-refractivity contribution in [2.75, 3.05) is 0 Å². The third kappa shape index (κ3) is 5.50. The molecular weight excluding hydrogens is 104 g/mol. The summed E-state index contributed by atoms with van der Waals surface area (Å²) in [4.78, 5) is 0. The maximum atomic E-state index is 4.91. The normalized spacial score (nSPS) is 7.57. The van der Waals surface area contributed by atoms with E-state index in [4.69, 9.17) is 4.43 Å². The summed E-state index contributed by atoms with van der Waals surface area (Å²) in [6.07, 6.45) is 0. The quantitative estimate of drug-likeness (QED) is 0.395. The molecule has 0 aromatic carbocycles. The SMILES string of the molecule is C=C[Si]OC(=C)C. The van der Waals surface area contributed by atoms with Gasteiger partial charge in [0, 0.05) is 0 Å². The standard InChI is InChI=1S/C5H8OSi/c1-4-7-6-5(2)3/h4H,1-2H2,3H3. The Labute approximate surface area is 46.6 Å². The molecule has 0 atom stereocenters. The van der Waals surface area contributed by atoms with Crippen LogP contribution >= 0.6 is 0 Å². The maximum absolute atomic E-state index is 4.91. The van der Waals surface area contributed by atoms with E-state index in [-0.39, 0.29) is 0 Å². The van der Waals surface area contributed by atoms with E-state index in [1.165, 1.54) is 0 Å². The van der Waals surface area contributed by atoms with E-state index in [0.717, 1.165) is 5.76 Å². The van der Waals surface area contributed by atoms with Gasteiger partial charge in [-0.25, -0.2) is 0 Å². The molecule has 2 heteroatoms. The molecule has 0 fully saturated rings. The molecule has 0 aromatic heterocycles. The first-order chi connectivity index (χ1) is 3.27. The van der Waals surface area contributed by atoms with E-state index in [1.807, 2.05) is 6.92 Å². The van der Waals surface area contributed by atoms with Crippen LogP contribution in [0.2, 0.25) is 0 Å². The van der Waals surface area contributed by atoms with Crippen LogP contribution in [0.15, 0.2) is 24.6 Å². The minimum Gasteiger partial charge on any atom is -0.540 e. The summed E-state index contributed by atoms with van der Waals surface area (Å²) < 4.78 is 4.91. The number of rotatable bonds is 3. The molecule has 7 heavy (non-hydrogen) atoms. The highest BCUT2D eigenvalue weighted by Gasteiger charge is 1.79. The molecule has 1 nitrogen and oxygen atoms in total. The van der Waals surface area contributed by atoms with Gasteiger partial charge in [-0.3, -0.25) is 0 Å². The summed E-state index contributed by atoms with van der Waals surface area (Å²) in [5.74, 6) is 0.748. The molecule has 0 saturated heterocycles. The fourth-order valence-electron chi connectivity index (χ4n) is 0.142. The second-order valence-electron chi connectivity index (χ2n) is 1.13. The summed E-state index contributed by atoms with van der Waals surface area (Å²) in [6.45, 7) is 8.82. The summed E-state index contributed by atoms with van der Waals surface area (Å²) >= 11 is 0. The van der Waals surface area contributed by atoms with Crippen molar-refractivity contribution in [3.8, 4) is 0 Å². The predicted octanol–water partition coefficient (Wildman–Crippen LogP) is 1.30. The Morgan fingerprint density at radius 2 is 2.43 bits per heavy atom. The van der Waals surface area contributed by atoms with E-state index in [1.54, 1.807) is 5.70 Å². The van der Waals surface area contributed by atoms with Crippen molar-refractivity contribution in [2.45, 2.75) is 6.92 Å². The zero-order chi connectivity index (χ0) is 5.70.